The average Bonchev–Trinajstić information content (AvgIpc) is 2.67. The molecule has 1 aliphatic carbocycles. The molecule has 1 fully saturated rings. The SMILES string of the molecule is CCCC(C)CC(CO)C1CCCC1. The van der Waals surface area contributed by atoms with E-state index >= 15 is 0 Å². The third-order valence-corrected chi connectivity index (χ3v) is 3.79. The van der Waals surface area contributed by atoms with E-state index in [0.717, 1.165) is 11.8 Å². The summed E-state index contributed by atoms with van der Waals surface area (Å²) >= 11 is 0. The molecule has 1 heteroatoms. The zero-order chi connectivity index (χ0) is 10.4. The first-order valence-corrected chi connectivity index (χ1v) is 6.38. The quantitative estimate of drug-likeness (QED) is 0.691. The zero-order valence-electron chi connectivity index (χ0n) is 9.84. The number of aliphatic hydroxyl groups excluding tert-OH is 1. The molecule has 2 unspecified atom stereocenters. The second kappa shape index (κ2) is 6.44. The van der Waals surface area contributed by atoms with Gasteiger partial charge < -0.3 is 5.11 Å². The topological polar surface area (TPSA) is 20.2 Å². The van der Waals surface area contributed by atoms with Gasteiger partial charge >= 0.3 is 0 Å². The Kier molecular flexibility index (Phi) is 5.54. The van der Waals surface area contributed by atoms with Crippen LogP contribution in [0.15, 0.2) is 0 Å². The second-order valence-electron chi connectivity index (χ2n) is 5.12. The Morgan fingerprint density at radius 1 is 1.29 bits per heavy atom. The minimum Gasteiger partial charge on any atom is -0.396 e. The molecule has 0 radical (unpaired) electrons. The summed E-state index contributed by atoms with van der Waals surface area (Å²) in [6, 6.07) is 0. The fourth-order valence-electron chi connectivity index (χ4n) is 2.97. The van der Waals surface area contributed by atoms with Gasteiger partial charge in [-0.05, 0) is 24.2 Å². The lowest BCUT2D eigenvalue weighted by atomic mass is 9.83. The van der Waals surface area contributed by atoms with Crippen molar-refractivity contribution in [2.45, 2.75) is 58.8 Å². The van der Waals surface area contributed by atoms with Crippen LogP contribution in [0.2, 0.25) is 0 Å². The maximum Gasteiger partial charge on any atom is 0.0462 e. The van der Waals surface area contributed by atoms with Crippen LogP contribution in [0.4, 0.5) is 0 Å². The lowest BCUT2D eigenvalue weighted by Crippen LogP contribution is -2.19. The number of aliphatic hydroxyl groups is 1. The summed E-state index contributed by atoms with van der Waals surface area (Å²) in [5, 5.41) is 9.40. The van der Waals surface area contributed by atoms with Crippen LogP contribution in [-0.4, -0.2) is 11.7 Å². The van der Waals surface area contributed by atoms with Gasteiger partial charge in [0.05, 0.1) is 0 Å². The first-order chi connectivity index (χ1) is 6.77. The van der Waals surface area contributed by atoms with E-state index < -0.39 is 0 Å². The Bertz CT molecular complexity index is 138. The molecule has 1 saturated carbocycles. The maximum atomic E-state index is 9.40. The number of hydrogen-bond acceptors (Lipinski definition) is 1. The molecule has 1 rings (SSSR count). The summed E-state index contributed by atoms with van der Waals surface area (Å²) < 4.78 is 0. The highest BCUT2D eigenvalue weighted by Crippen LogP contribution is 2.34. The molecule has 0 aromatic heterocycles. The molecule has 0 amide bonds. The lowest BCUT2D eigenvalue weighted by Gasteiger charge is -2.24. The molecule has 1 nitrogen and oxygen atoms in total. The van der Waals surface area contributed by atoms with Gasteiger partial charge in [-0.1, -0.05) is 52.4 Å². The molecule has 2 atom stereocenters. The largest absolute Gasteiger partial charge is 0.396 e. The van der Waals surface area contributed by atoms with Crippen LogP contribution in [0, 0.1) is 17.8 Å². The van der Waals surface area contributed by atoms with Crippen molar-refractivity contribution in [2.75, 3.05) is 6.61 Å². The van der Waals surface area contributed by atoms with Gasteiger partial charge in [-0.25, -0.2) is 0 Å². The van der Waals surface area contributed by atoms with E-state index in [1.165, 1.54) is 44.9 Å². The van der Waals surface area contributed by atoms with Crippen molar-refractivity contribution in [1.29, 1.82) is 0 Å². The molecule has 1 aliphatic rings. The van der Waals surface area contributed by atoms with Crippen LogP contribution >= 0.6 is 0 Å². The van der Waals surface area contributed by atoms with Crippen molar-refractivity contribution in [3.63, 3.8) is 0 Å². The summed E-state index contributed by atoms with van der Waals surface area (Å²) in [6.45, 7) is 5.00. The molecule has 0 saturated heterocycles. The first kappa shape index (κ1) is 12.0. The van der Waals surface area contributed by atoms with E-state index in [0.29, 0.717) is 12.5 Å². The van der Waals surface area contributed by atoms with Gasteiger partial charge in [-0.3, -0.25) is 0 Å². The van der Waals surface area contributed by atoms with E-state index in [1.54, 1.807) is 0 Å². The van der Waals surface area contributed by atoms with E-state index in [-0.39, 0.29) is 0 Å². The van der Waals surface area contributed by atoms with Gasteiger partial charge in [0.15, 0.2) is 0 Å². The third kappa shape index (κ3) is 3.61. The predicted molar refractivity (Wildman–Crippen MR) is 61.2 cm³/mol. The van der Waals surface area contributed by atoms with E-state index in [4.69, 9.17) is 0 Å². The molecule has 84 valence electrons. The van der Waals surface area contributed by atoms with Crippen LogP contribution in [0.25, 0.3) is 0 Å². The number of hydrogen-bond donors (Lipinski definition) is 1. The van der Waals surface area contributed by atoms with Crippen LogP contribution in [0.5, 0.6) is 0 Å². The fraction of sp³-hybridized carbons (Fsp3) is 1.00. The average molecular weight is 198 g/mol. The zero-order valence-corrected chi connectivity index (χ0v) is 9.84. The lowest BCUT2D eigenvalue weighted by molar-refractivity contribution is 0.150. The monoisotopic (exact) mass is 198 g/mol. The maximum absolute atomic E-state index is 9.40. The summed E-state index contributed by atoms with van der Waals surface area (Å²) in [7, 11) is 0. The fourth-order valence-corrected chi connectivity index (χ4v) is 2.97. The highest BCUT2D eigenvalue weighted by atomic mass is 16.3. The Hall–Kier alpha value is -0.0400. The highest BCUT2D eigenvalue weighted by Gasteiger charge is 2.25. The van der Waals surface area contributed by atoms with Crippen molar-refractivity contribution < 1.29 is 5.11 Å². The van der Waals surface area contributed by atoms with Crippen LogP contribution in [0.3, 0.4) is 0 Å². The van der Waals surface area contributed by atoms with Gasteiger partial charge in [0.2, 0.25) is 0 Å². The molecule has 0 heterocycles. The van der Waals surface area contributed by atoms with Gasteiger partial charge in [0, 0.05) is 6.61 Å². The molecular weight excluding hydrogens is 172 g/mol. The summed E-state index contributed by atoms with van der Waals surface area (Å²) in [4.78, 5) is 0. The van der Waals surface area contributed by atoms with Crippen molar-refractivity contribution in [3.05, 3.63) is 0 Å². The van der Waals surface area contributed by atoms with E-state index in [9.17, 15) is 5.11 Å². The van der Waals surface area contributed by atoms with Gasteiger partial charge in [0.1, 0.15) is 0 Å². The third-order valence-electron chi connectivity index (χ3n) is 3.79. The Balaban J connectivity index is 2.29. The minimum absolute atomic E-state index is 0.415. The summed E-state index contributed by atoms with van der Waals surface area (Å²) in [5.41, 5.74) is 0. The standard InChI is InChI=1S/C13H26O/c1-3-6-11(2)9-13(10-14)12-7-4-5-8-12/h11-14H,3-10H2,1-2H3. The normalized spacial score (nSPS) is 22.5. The molecule has 0 bridgehead atoms. The van der Waals surface area contributed by atoms with Crippen molar-refractivity contribution in [2.24, 2.45) is 17.8 Å². The highest BCUT2D eigenvalue weighted by molar-refractivity contribution is 4.76. The van der Waals surface area contributed by atoms with Crippen LogP contribution < -0.4 is 0 Å². The minimum atomic E-state index is 0.415. The molecule has 14 heavy (non-hydrogen) atoms. The van der Waals surface area contributed by atoms with Crippen molar-refractivity contribution in [3.8, 4) is 0 Å². The Morgan fingerprint density at radius 3 is 2.43 bits per heavy atom. The van der Waals surface area contributed by atoms with Gasteiger partial charge in [-0.2, -0.15) is 0 Å². The van der Waals surface area contributed by atoms with Crippen molar-refractivity contribution in [1.82, 2.24) is 0 Å². The Morgan fingerprint density at radius 2 is 1.93 bits per heavy atom. The van der Waals surface area contributed by atoms with Gasteiger partial charge in [0.25, 0.3) is 0 Å². The van der Waals surface area contributed by atoms with Crippen LogP contribution in [-0.2, 0) is 0 Å². The molecule has 0 aromatic rings. The molecular formula is C13H26O. The number of rotatable bonds is 6. The molecule has 1 N–H and O–H groups in total. The molecule has 0 spiro atoms. The summed E-state index contributed by atoms with van der Waals surface area (Å²) in [6.07, 6.45) is 9.36. The van der Waals surface area contributed by atoms with Gasteiger partial charge in [-0.15, -0.1) is 0 Å². The predicted octanol–water partition coefficient (Wildman–Crippen LogP) is 3.61. The Labute approximate surface area is 88.9 Å². The van der Waals surface area contributed by atoms with E-state index in [1.807, 2.05) is 0 Å². The van der Waals surface area contributed by atoms with Crippen LogP contribution in [0.1, 0.15) is 58.8 Å². The van der Waals surface area contributed by atoms with E-state index in [2.05, 4.69) is 13.8 Å². The molecule has 0 aromatic carbocycles. The van der Waals surface area contributed by atoms with Crippen molar-refractivity contribution >= 4 is 0 Å². The molecule has 0 aliphatic heterocycles. The summed E-state index contributed by atoms with van der Waals surface area (Å²) in [5.74, 6) is 2.23. The smallest absolute Gasteiger partial charge is 0.0462 e. The first-order valence-electron chi connectivity index (χ1n) is 6.38. The second-order valence-corrected chi connectivity index (χ2v) is 5.12.